The zero-order valence-electron chi connectivity index (χ0n) is 15.7. The quantitative estimate of drug-likeness (QED) is 0.695. The number of amides is 1. The Morgan fingerprint density at radius 1 is 1.07 bits per heavy atom. The Kier molecular flexibility index (Phi) is 5.23. The molecule has 4 rings (SSSR count). The Hall–Kier alpha value is -3.35. The normalized spacial score (nSPS) is 16.6. The fraction of sp³-hybridized carbons (Fsp3) is 0.286. The highest BCUT2D eigenvalue weighted by Gasteiger charge is 2.29. The lowest BCUT2D eigenvalue weighted by atomic mass is 9.94. The number of likely N-dealkylation sites (tertiary alicyclic amines) is 1. The van der Waals surface area contributed by atoms with Gasteiger partial charge in [0.05, 0.1) is 5.69 Å². The van der Waals surface area contributed by atoms with Gasteiger partial charge in [-0.15, -0.1) is 0 Å². The maximum atomic E-state index is 12.8. The van der Waals surface area contributed by atoms with Crippen LogP contribution in [0.15, 0.2) is 55.2 Å². The van der Waals surface area contributed by atoms with Gasteiger partial charge in [0.1, 0.15) is 5.69 Å². The minimum Gasteiger partial charge on any atom is -0.435 e. The van der Waals surface area contributed by atoms with Crippen LogP contribution >= 0.6 is 0 Å². The van der Waals surface area contributed by atoms with Gasteiger partial charge in [0.25, 0.3) is 5.91 Å². The highest BCUT2D eigenvalue weighted by Crippen LogP contribution is 2.33. The summed E-state index contributed by atoms with van der Waals surface area (Å²) in [6, 6.07) is 7.18. The van der Waals surface area contributed by atoms with E-state index < -0.39 is 0 Å². The number of hydrogen-bond acceptors (Lipinski definition) is 6. The number of hydrogen-bond donors (Lipinski definition) is 0. The summed E-state index contributed by atoms with van der Waals surface area (Å²) in [5.41, 5.74) is 2.22. The predicted molar refractivity (Wildman–Crippen MR) is 103 cm³/mol. The van der Waals surface area contributed by atoms with Crippen molar-refractivity contribution in [3.8, 4) is 11.6 Å². The van der Waals surface area contributed by atoms with Gasteiger partial charge in [0.15, 0.2) is 5.75 Å². The van der Waals surface area contributed by atoms with Crippen molar-refractivity contribution in [2.75, 3.05) is 13.1 Å². The van der Waals surface area contributed by atoms with Gasteiger partial charge in [-0.25, -0.2) is 4.98 Å². The standard InChI is InChI=1S/C21H21N5O2/c1-15-18(5-2-8-23-15)28-20-19(24-11-12-25-20)17-4-3-13-26(14-17)21(27)16-6-9-22-10-7-16/h2,5-12,17H,3-4,13-14H2,1H3. The van der Waals surface area contributed by atoms with Crippen LogP contribution in [0.5, 0.6) is 11.6 Å². The Labute approximate surface area is 163 Å². The van der Waals surface area contributed by atoms with Crippen LogP contribution in [0.4, 0.5) is 0 Å². The molecule has 1 aliphatic rings. The molecular formula is C21H21N5O2. The van der Waals surface area contributed by atoms with Gasteiger partial charge >= 0.3 is 0 Å². The number of aromatic nitrogens is 4. The third-order valence-corrected chi connectivity index (χ3v) is 4.88. The van der Waals surface area contributed by atoms with E-state index in [2.05, 4.69) is 19.9 Å². The van der Waals surface area contributed by atoms with Crippen molar-refractivity contribution >= 4 is 5.91 Å². The molecule has 0 radical (unpaired) electrons. The molecule has 3 aromatic heterocycles. The Bertz CT molecular complexity index is 964. The highest BCUT2D eigenvalue weighted by atomic mass is 16.5. The molecule has 4 heterocycles. The summed E-state index contributed by atoms with van der Waals surface area (Å²) < 4.78 is 6.03. The minimum absolute atomic E-state index is 0.0153. The maximum Gasteiger partial charge on any atom is 0.253 e. The van der Waals surface area contributed by atoms with Crippen LogP contribution in [0.1, 0.15) is 40.5 Å². The molecule has 0 spiro atoms. The van der Waals surface area contributed by atoms with E-state index in [1.54, 1.807) is 43.1 Å². The van der Waals surface area contributed by atoms with E-state index in [1.165, 1.54) is 0 Å². The molecule has 1 fully saturated rings. The summed E-state index contributed by atoms with van der Waals surface area (Å²) in [6.45, 7) is 3.21. The number of carbonyl (C=O) groups excluding carboxylic acids is 1. The molecule has 0 aromatic carbocycles. The Morgan fingerprint density at radius 2 is 1.89 bits per heavy atom. The van der Waals surface area contributed by atoms with Crippen molar-refractivity contribution in [2.45, 2.75) is 25.7 Å². The predicted octanol–water partition coefficient (Wildman–Crippen LogP) is 3.39. The number of nitrogens with zero attached hydrogens (tertiary/aromatic N) is 5. The van der Waals surface area contributed by atoms with Gasteiger partial charge in [0.2, 0.25) is 5.88 Å². The number of rotatable bonds is 4. The largest absolute Gasteiger partial charge is 0.435 e. The van der Waals surface area contributed by atoms with Crippen LogP contribution in [0.3, 0.4) is 0 Å². The third-order valence-electron chi connectivity index (χ3n) is 4.88. The van der Waals surface area contributed by atoms with Crippen LogP contribution in [0.25, 0.3) is 0 Å². The summed E-state index contributed by atoms with van der Waals surface area (Å²) in [6.07, 6.45) is 10.1. The summed E-state index contributed by atoms with van der Waals surface area (Å²) in [7, 11) is 0. The average molecular weight is 375 g/mol. The van der Waals surface area contributed by atoms with E-state index in [9.17, 15) is 4.79 Å². The van der Waals surface area contributed by atoms with E-state index in [4.69, 9.17) is 4.74 Å². The van der Waals surface area contributed by atoms with E-state index >= 15 is 0 Å². The molecule has 0 bridgehead atoms. The zero-order valence-corrected chi connectivity index (χ0v) is 15.7. The second-order valence-electron chi connectivity index (χ2n) is 6.76. The van der Waals surface area contributed by atoms with E-state index in [-0.39, 0.29) is 11.8 Å². The lowest BCUT2D eigenvalue weighted by Crippen LogP contribution is -2.39. The molecule has 142 valence electrons. The summed E-state index contributed by atoms with van der Waals surface area (Å²) in [5, 5.41) is 0. The van der Waals surface area contributed by atoms with Gasteiger partial charge < -0.3 is 9.64 Å². The van der Waals surface area contributed by atoms with Crippen LogP contribution in [-0.2, 0) is 0 Å². The SMILES string of the molecule is Cc1ncccc1Oc1nccnc1C1CCCN(C(=O)c2ccncc2)C1. The number of pyridine rings is 2. The molecule has 1 aliphatic heterocycles. The molecule has 1 unspecified atom stereocenters. The summed E-state index contributed by atoms with van der Waals surface area (Å²) in [5.74, 6) is 1.22. The molecular weight excluding hydrogens is 354 g/mol. The fourth-order valence-corrected chi connectivity index (χ4v) is 3.44. The monoisotopic (exact) mass is 375 g/mol. The van der Waals surface area contributed by atoms with Gasteiger partial charge in [-0.3, -0.25) is 19.7 Å². The fourth-order valence-electron chi connectivity index (χ4n) is 3.44. The smallest absolute Gasteiger partial charge is 0.253 e. The molecule has 0 saturated carbocycles. The van der Waals surface area contributed by atoms with Gasteiger partial charge in [-0.05, 0) is 44.0 Å². The first-order chi connectivity index (χ1) is 13.7. The lowest BCUT2D eigenvalue weighted by Gasteiger charge is -2.32. The van der Waals surface area contributed by atoms with Gasteiger partial charge in [0, 0.05) is 55.6 Å². The maximum absolute atomic E-state index is 12.8. The zero-order chi connectivity index (χ0) is 19.3. The first kappa shape index (κ1) is 18.0. The van der Waals surface area contributed by atoms with E-state index in [0.29, 0.717) is 23.7 Å². The van der Waals surface area contributed by atoms with Gasteiger partial charge in [-0.2, -0.15) is 0 Å². The lowest BCUT2D eigenvalue weighted by molar-refractivity contribution is 0.0704. The van der Waals surface area contributed by atoms with Crippen LogP contribution in [0.2, 0.25) is 0 Å². The minimum atomic E-state index is 0.0153. The van der Waals surface area contributed by atoms with Crippen LogP contribution in [-0.4, -0.2) is 43.8 Å². The van der Waals surface area contributed by atoms with Crippen molar-refractivity contribution < 1.29 is 9.53 Å². The van der Waals surface area contributed by atoms with Crippen molar-refractivity contribution in [2.24, 2.45) is 0 Å². The number of ether oxygens (including phenoxy) is 1. The number of piperidine rings is 1. The molecule has 0 N–H and O–H groups in total. The molecule has 28 heavy (non-hydrogen) atoms. The van der Waals surface area contributed by atoms with Crippen molar-refractivity contribution in [1.82, 2.24) is 24.8 Å². The number of carbonyl (C=O) groups is 1. The molecule has 1 atom stereocenters. The third kappa shape index (κ3) is 3.83. The van der Waals surface area contributed by atoms with E-state index in [1.807, 2.05) is 24.0 Å². The Balaban J connectivity index is 1.56. The average Bonchev–Trinajstić information content (AvgIpc) is 2.76. The van der Waals surface area contributed by atoms with Gasteiger partial charge in [-0.1, -0.05) is 0 Å². The summed E-state index contributed by atoms with van der Waals surface area (Å²) >= 11 is 0. The van der Waals surface area contributed by atoms with Crippen LogP contribution < -0.4 is 4.74 Å². The molecule has 1 saturated heterocycles. The van der Waals surface area contributed by atoms with Crippen molar-refractivity contribution in [3.05, 3.63) is 72.2 Å². The second-order valence-corrected chi connectivity index (χ2v) is 6.76. The molecule has 7 nitrogen and oxygen atoms in total. The first-order valence-corrected chi connectivity index (χ1v) is 9.32. The van der Waals surface area contributed by atoms with E-state index in [0.717, 1.165) is 30.8 Å². The highest BCUT2D eigenvalue weighted by molar-refractivity contribution is 5.94. The summed E-state index contributed by atoms with van der Waals surface area (Å²) in [4.78, 5) is 31.9. The topological polar surface area (TPSA) is 81.1 Å². The molecule has 0 aliphatic carbocycles. The second kappa shape index (κ2) is 8.12. The molecule has 3 aromatic rings. The molecule has 1 amide bonds. The number of aryl methyl sites for hydroxylation is 1. The van der Waals surface area contributed by atoms with Crippen LogP contribution in [0, 0.1) is 6.92 Å². The Morgan fingerprint density at radius 3 is 2.71 bits per heavy atom. The molecule has 7 heteroatoms. The van der Waals surface area contributed by atoms with Crippen molar-refractivity contribution in [3.63, 3.8) is 0 Å². The van der Waals surface area contributed by atoms with Crippen molar-refractivity contribution in [1.29, 1.82) is 0 Å². The first-order valence-electron chi connectivity index (χ1n) is 9.32.